The van der Waals surface area contributed by atoms with E-state index in [0.717, 1.165) is 44.0 Å². The van der Waals surface area contributed by atoms with Gasteiger partial charge in [-0.15, -0.1) is 0 Å². The van der Waals surface area contributed by atoms with Crippen LogP contribution in [0.2, 0.25) is 0 Å². The van der Waals surface area contributed by atoms with Crippen molar-refractivity contribution in [2.24, 2.45) is 0 Å². The van der Waals surface area contributed by atoms with Gasteiger partial charge in [0.05, 0.1) is 5.56 Å². The molecule has 2 atom stereocenters. The minimum absolute atomic E-state index is 0.0644. The highest BCUT2D eigenvalue weighted by molar-refractivity contribution is 5.94. The largest absolute Gasteiger partial charge is 0.488 e. The lowest BCUT2D eigenvalue weighted by molar-refractivity contribution is 0.0240. The molecule has 6 nitrogen and oxygen atoms in total. The Morgan fingerprint density at radius 3 is 2.61 bits per heavy atom. The number of benzene rings is 1. The van der Waals surface area contributed by atoms with E-state index in [4.69, 9.17) is 4.74 Å². The number of pyridine rings is 1. The van der Waals surface area contributed by atoms with Gasteiger partial charge in [-0.05, 0) is 55.0 Å². The number of ether oxygens (including phenoxy) is 1. The highest BCUT2D eigenvalue weighted by Crippen LogP contribution is 2.25. The molecule has 1 aromatic carbocycles. The van der Waals surface area contributed by atoms with E-state index >= 15 is 0 Å². The van der Waals surface area contributed by atoms with Gasteiger partial charge in [-0.1, -0.05) is 26.0 Å². The first-order chi connectivity index (χ1) is 15.0. The van der Waals surface area contributed by atoms with Crippen LogP contribution in [-0.2, 0) is 0 Å². The van der Waals surface area contributed by atoms with Crippen LogP contribution < -0.4 is 9.64 Å². The molecule has 0 bridgehead atoms. The van der Waals surface area contributed by atoms with E-state index in [1.165, 1.54) is 12.0 Å². The van der Waals surface area contributed by atoms with Crippen LogP contribution in [0.5, 0.6) is 5.75 Å². The first-order valence-corrected chi connectivity index (χ1v) is 11.5. The van der Waals surface area contributed by atoms with Crippen molar-refractivity contribution in [1.82, 2.24) is 9.88 Å². The molecule has 6 heteroatoms. The summed E-state index contributed by atoms with van der Waals surface area (Å²) >= 11 is 0. The SMILES string of the molecule is CC(C)c1cccc(O[C@@H]2CCN(c3ccc(C(=O)N4CCCCC4)cn3)C[C@H]2O)c1. The van der Waals surface area contributed by atoms with Gasteiger partial charge in [-0.2, -0.15) is 0 Å². The van der Waals surface area contributed by atoms with E-state index < -0.39 is 6.10 Å². The lowest BCUT2D eigenvalue weighted by Crippen LogP contribution is -2.49. The Bertz CT molecular complexity index is 878. The zero-order chi connectivity index (χ0) is 21.8. The molecule has 166 valence electrons. The summed E-state index contributed by atoms with van der Waals surface area (Å²) in [5.74, 6) is 2.09. The Labute approximate surface area is 184 Å². The zero-order valence-corrected chi connectivity index (χ0v) is 18.5. The van der Waals surface area contributed by atoms with E-state index in [1.807, 2.05) is 29.2 Å². The minimum atomic E-state index is -0.604. The van der Waals surface area contributed by atoms with Crippen molar-refractivity contribution in [3.8, 4) is 5.75 Å². The topological polar surface area (TPSA) is 65.9 Å². The summed E-state index contributed by atoms with van der Waals surface area (Å²) in [4.78, 5) is 21.1. The number of rotatable bonds is 5. The molecular weight excluding hydrogens is 390 g/mol. The van der Waals surface area contributed by atoms with Crippen LogP contribution in [0.25, 0.3) is 0 Å². The van der Waals surface area contributed by atoms with Gasteiger partial charge in [0.1, 0.15) is 23.8 Å². The first-order valence-electron chi connectivity index (χ1n) is 11.5. The van der Waals surface area contributed by atoms with E-state index in [-0.39, 0.29) is 12.0 Å². The number of likely N-dealkylation sites (tertiary alicyclic amines) is 1. The monoisotopic (exact) mass is 423 g/mol. The Hall–Kier alpha value is -2.60. The maximum atomic E-state index is 12.6. The summed E-state index contributed by atoms with van der Waals surface area (Å²) in [5.41, 5.74) is 1.86. The third-order valence-electron chi connectivity index (χ3n) is 6.29. The molecule has 2 aromatic rings. The number of anilines is 1. The van der Waals surface area contributed by atoms with Gasteiger partial charge in [0, 0.05) is 38.8 Å². The van der Waals surface area contributed by atoms with Gasteiger partial charge in [0.2, 0.25) is 0 Å². The first kappa shape index (κ1) is 21.6. The van der Waals surface area contributed by atoms with Crippen molar-refractivity contribution in [3.63, 3.8) is 0 Å². The van der Waals surface area contributed by atoms with Crippen molar-refractivity contribution >= 4 is 11.7 Å². The second kappa shape index (κ2) is 9.69. The molecular formula is C25H33N3O3. The normalized spacial score (nSPS) is 21.9. The predicted molar refractivity (Wildman–Crippen MR) is 122 cm³/mol. The fourth-order valence-corrected chi connectivity index (χ4v) is 4.36. The smallest absolute Gasteiger partial charge is 0.255 e. The zero-order valence-electron chi connectivity index (χ0n) is 18.5. The fourth-order valence-electron chi connectivity index (χ4n) is 4.36. The number of β-amino-alcohol motifs (C(OH)–C–C–N with tert-alkyl or cyclic N) is 1. The van der Waals surface area contributed by atoms with E-state index in [0.29, 0.717) is 24.4 Å². The molecule has 1 amide bonds. The predicted octanol–water partition coefficient (Wildman–Crippen LogP) is 3.85. The number of hydrogen-bond donors (Lipinski definition) is 1. The second-order valence-electron chi connectivity index (χ2n) is 8.94. The second-order valence-corrected chi connectivity index (χ2v) is 8.94. The van der Waals surface area contributed by atoms with Gasteiger partial charge in [-0.25, -0.2) is 4.98 Å². The van der Waals surface area contributed by atoms with Gasteiger partial charge in [-0.3, -0.25) is 4.79 Å². The number of nitrogens with zero attached hydrogens (tertiary/aromatic N) is 3. The van der Waals surface area contributed by atoms with Crippen LogP contribution in [0.1, 0.15) is 61.4 Å². The third-order valence-corrected chi connectivity index (χ3v) is 6.29. The van der Waals surface area contributed by atoms with Crippen molar-refractivity contribution in [2.45, 2.75) is 57.7 Å². The molecule has 4 rings (SSSR count). The minimum Gasteiger partial charge on any atom is -0.488 e. The molecule has 31 heavy (non-hydrogen) atoms. The molecule has 3 heterocycles. The summed E-state index contributed by atoms with van der Waals surface area (Å²) in [7, 11) is 0. The molecule has 2 saturated heterocycles. The van der Waals surface area contributed by atoms with Crippen LogP contribution in [0, 0.1) is 0 Å². The number of aromatic nitrogens is 1. The lowest BCUT2D eigenvalue weighted by atomic mass is 10.0. The number of carbonyl (C=O) groups is 1. The molecule has 0 radical (unpaired) electrons. The van der Waals surface area contributed by atoms with Crippen LogP contribution in [-0.4, -0.2) is 59.3 Å². The Morgan fingerprint density at radius 2 is 1.94 bits per heavy atom. The van der Waals surface area contributed by atoms with E-state index in [9.17, 15) is 9.90 Å². The van der Waals surface area contributed by atoms with Crippen LogP contribution in [0.15, 0.2) is 42.6 Å². The number of amides is 1. The molecule has 0 spiro atoms. The fraction of sp³-hybridized carbons (Fsp3) is 0.520. The van der Waals surface area contributed by atoms with E-state index in [1.54, 1.807) is 6.20 Å². The van der Waals surface area contributed by atoms with Gasteiger partial charge in [0.15, 0.2) is 0 Å². The average Bonchev–Trinajstić information content (AvgIpc) is 2.81. The average molecular weight is 424 g/mol. The molecule has 2 aliphatic heterocycles. The molecule has 1 aromatic heterocycles. The Balaban J connectivity index is 1.35. The van der Waals surface area contributed by atoms with Crippen molar-refractivity contribution in [2.75, 3.05) is 31.1 Å². The summed E-state index contributed by atoms with van der Waals surface area (Å²) in [6.07, 6.45) is 4.89. The summed E-state index contributed by atoms with van der Waals surface area (Å²) in [6, 6.07) is 11.8. The van der Waals surface area contributed by atoms with Crippen molar-refractivity contribution < 1.29 is 14.6 Å². The van der Waals surface area contributed by atoms with Crippen LogP contribution in [0.3, 0.4) is 0 Å². The highest BCUT2D eigenvalue weighted by Gasteiger charge is 2.30. The number of carbonyl (C=O) groups excluding carboxylic acids is 1. The molecule has 2 fully saturated rings. The summed E-state index contributed by atoms with van der Waals surface area (Å²) < 4.78 is 6.11. The molecule has 0 saturated carbocycles. The van der Waals surface area contributed by atoms with Gasteiger partial charge < -0.3 is 19.6 Å². The van der Waals surface area contributed by atoms with Crippen molar-refractivity contribution in [3.05, 3.63) is 53.7 Å². The van der Waals surface area contributed by atoms with Crippen LogP contribution >= 0.6 is 0 Å². The van der Waals surface area contributed by atoms with Crippen molar-refractivity contribution in [1.29, 1.82) is 0 Å². The van der Waals surface area contributed by atoms with Gasteiger partial charge >= 0.3 is 0 Å². The maximum Gasteiger partial charge on any atom is 0.255 e. The van der Waals surface area contributed by atoms with Gasteiger partial charge in [0.25, 0.3) is 5.91 Å². The molecule has 0 aliphatic carbocycles. The lowest BCUT2D eigenvalue weighted by Gasteiger charge is -2.36. The number of aliphatic hydroxyl groups excluding tert-OH is 1. The summed E-state index contributed by atoms with van der Waals surface area (Å²) in [5, 5.41) is 10.7. The Morgan fingerprint density at radius 1 is 1.13 bits per heavy atom. The number of piperidine rings is 2. The molecule has 0 unspecified atom stereocenters. The van der Waals surface area contributed by atoms with Crippen LogP contribution in [0.4, 0.5) is 5.82 Å². The molecule has 2 aliphatic rings. The maximum absolute atomic E-state index is 12.6. The number of hydrogen-bond acceptors (Lipinski definition) is 5. The third kappa shape index (κ3) is 5.18. The Kier molecular flexibility index (Phi) is 6.76. The number of aliphatic hydroxyl groups is 1. The van der Waals surface area contributed by atoms with E-state index in [2.05, 4.69) is 35.9 Å². The molecule has 1 N–H and O–H groups in total. The highest BCUT2D eigenvalue weighted by atomic mass is 16.5. The summed E-state index contributed by atoms with van der Waals surface area (Å²) in [6.45, 7) is 7.19. The standard InChI is InChI=1S/C25H33N3O3/c1-18(2)19-7-6-8-21(15-19)31-23-11-14-28(17-22(23)29)24-10-9-20(16-26-24)25(30)27-12-4-3-5-13-27/h6-10,15-16,18,22-23,29H,3-5,11-14,17H2,1-2H3/t22-,23-/m1/s1. The quantitative estimate of drug-likeness (QED) is 0.791.